The Hall–Kier alpha value is -1.55. The monoisotopic (exact) mass is 525 g/mol. The molecule has 17 nitrogen and oxygen atoms in total. The second kappa shape index (κ2) is 9.75. The van der Waals surface area contributed by atoms with Crippen LogP contribution in [0.15, 0.2) is 11.1 Å². The zero-order chi connectivity index (χ0) is 24.5. The van der Waals surface area contributed by atoms with Crippen molar-refractivity contribution in [1.82, 2.24) is 19.5 Å². The average molecular weight is 525 g/mol. The maximum Gasteiger partial charge on any atom is 0.490 e. The highest BCUT2D eigenvalue weighted by molar-refractivity contribution is 7.66. The van der Waals surface area contributed by atoms with Gasteiger partial charge in [-0.2, -0.15) is 13.6 Å². The van der Waals surface area contributed by atoms with Crippen LogP contribution in [0.2, 0.25) is 0 Å². The summed E-state index contributed by atoms with van der Waals surface area (Å²) in [6.07, 6.45) is -3.32. The fourth-order valence-electron chi connectivity index (χ4n) is 2.30. The van der Waals surface area contributed by atoms with Gasteiger partial charge in [-0.1, -0.05) is 0 Å². The van der Waals surface area contributed by atoms with Crippen molar-refractivity contribution in [3.8, 4) is 0 Å². The van der Waals surface area contributed by atoms with Gasteiger partial charge >= 0.3 is 23.5 Å². The van der Waals surface area contributed by atoms with Crippen molar-refractivity contribution < 1.29 is 55.5 Å². The summed E-state index contributed by atoms with van der Waals surface area (Å²) in [4.78, 5) is 57.3. The van der Waals surface area contributed by atoms with E-state index in [1.54, 1.807) is 0 Å². The summed E-state index contributed by atoms with van der Waals surface area (Å²) in [5.74, 6) is -0.268. The number of imidazole rings is 1. The molecule has 0 spiro atoms. The van der Waals surface area contributed by atoms with Gasteiger partial charge in [-0.25, -0.2) is 23.1 Å². The lowest BCUT2D eigenvalue weighted by molar-refractivity contribution is -0.0952. The van der Waals surface area contributed by atoms with Crippen LogP contribution in [0.4, 0.5) is 10.3 Å². The molecule has 32 heavy (non-hydrogen) atoms. The number of rotatable bonds is 11. The minimum atomic E-state index is -5.68. The normalized spacial score (nSPS) is 19.2. The Labute approximate surface area is 177 Å². The molecular weight excluding hydrogens is 506 g/mol. The highest BCUT2D eigenvalue weighted by atomic mass is 31.3. The molecule has 0 saturated carbocycles. The van der Waals surface area contributed by atoms with E-state index in [9.17, 15) is 27.8 Å². The average Bonchev–Trinajstić information content (AvgIpc) is 2.98. The van der Waals surface area contributed by atoms with Crippen LogP contribution < -0.4 is 11.3 Å². The molecular formula is C11H19FN5O12P3. The van der Waals surface area contributed by atoms with Gasteiger partial charge < -0.3 is 30.0 Å². The molecule has 0 fully saturated rings. The van der Waals surface area contributed by atoms with Crippen LogP contribution in [0.1, 0.15) is 20.1 Å². The van der Waals surface area contributed by atoms with Crippen molar-refractivity contribution in [1.29, 1.82) is 0 Å². The zero-order valence-electron chi connectivity index (χ0n) is 16.2. The minimum absolute atomic E-state index is 0.110. The van der Waals surface area contributed by atoms with E-state index in [1.165, 1.54) is 6.92 Å². The Balaban J connectivity index is 2.11. The van der Waals surface area contributed by atoms with E-state index in [4.69, 9.17) is 25.2 Å². The van der Waals surface area contributed by atoms with Gasteiger partial charge in [-0.3, -0.25) is 18.9 Å². The molecule has 2 aromatic heterocycles. The van der Waals surface area contributed by atoms with E-state index in [1.807, 2.05) is 0 Å². The number of aromatic nitrogens is 4. The number of H-pyrrole nitrogens is 1. The van der Waals surface area contributed by atoms with Gasteiger partial charge in [0.1, 0.15) is 6.17 Å². The lowest BCUT2D eigenvalue weighted by Gasteiger charge is -2.25. The molecule has 0 radical (unpaired) electrons. The van der Waals surface area contributed by atoms with Gasteiger partial charge in [0.25, 0.3) is 5.56 Å². The maximum atomic E-state index is 14.2. The fraction of sp³-hybridized carbons (Fsp3) is 0.545. The first-order chi connectivity index (χ1) is 14.5. The van der Waals surface area contributed by atoms with Gasteiger partial charge in [0.2, 0.25) is 5.95 Å². The van der Waals surface area contributed by atoms with E-state index in [2.05, 4.69) is 28.1 Å². The number of nitrogens with one attached hydrogen (secondary N) is 1. The third kappa shape index (κ3) is 7.50. The summed E-state index contributed by atoms with van der Waals surface area (Å²) in [6, 6.07) is 0. The van der Waals surface area contributed by atoms with Crippen LogP contribution in [0.5, 0.6) is 0 Å². The predicted octanol–water partition coefficient (Wildman–Crippen LogP) is 0.307. The Kier molecular flexibility index (Phi) is 8.13. The molecule has 0 aliphatic carbocycles. The first-order valence-electron chi connectivity index (χ1n) is 8.30. The number of aromatic amines is 1. The lowest BCUT2D eigenvalue weighted by atomic mass is 10.3. The zero-order valence-corrected chi connectivity index (χ0v) is 18.9. The van der Waals surface area contributed by atoms with E-state index in [-0.39, 0.29) is 17.1 Å². The van der Waals surface area contributed by atoms with Crippen molar-refractivity contribution in [2.45, 2.75) is 32.4 Å². The Morgan fingerprint density at radius 3 is 2.38 bits per heavy atom. The molecule has 2 unspecified atom stereocenters. The molecule has 0 amide bonds. The molecule has 0 aliphatic heterocycles. The van der Waals surface area contributed by atoms with E-state index in [0.29, 0.717) is 0 Å². The number of phosphoric acid groups is 3. The molecule has 0 aliphatic rings. The first-order valence-corrected chi connectivity index (χ1v) is 12.8. The van der Waals surface area contributed by atoms with Crippen molar-refractivity contribution in [3.05, 3.63) is 16.7 Å². The summed E-state index contributed by atoms with van der Waals surface area (Å²) in [5, 5.41) is 0. The van der Waals surface area contributed by atoms with Crippen molar-refractivity contribution >= 4 is 40.6 Å². The molecule has 5 atom stereocenters. The fourth-order valence-corrected chi connectivity index (χ4v) is 5.40. The molecule has 2 aromatic rings. The van der Waals surface area contributed by atoms with Crippen LogP contribution >= 0.6 is 23.5 Å². The number of hydrogen-bond donors (Lipinski definition) is 6. The number of nitrogens with zero attached hydrogens (tertiary/aromatic N) is 3. The number of halogens is 1. The maximum absolute atomic E-state index is 14.2. The number of nitrogen functional groups attached to an aromatic ring is 1. The smallest absolute Gasteiger partial charge is 0.369 e. The van der Waals surface area contributed by atoms with Gasteiger partial charge in [0, 0.05) is 0 Å². The minimum Gasteiger partial charge on any atom is -0.369 e. The van der Waals surface area contributed by atoms with Crippen molar-refractivity contribution in [2.24, 2.45) is 0 Å². The second-order valence-electron chi connectivity index (χ2n) is 6.18. The largest absolute Gasteiger partial charge is 0.490 e. The number of fused-ring (bicyclic) bond motifs is 1. The summed E-state index contributed by atoms with van der Waals surface area (Å²) >= 11 is 0. The summed E-state index contributed by atoms with van der Waals surface area (Å²) in [6.45, 7) is 1.53. The van der Waals surface area contributed by atoms with Crippen LogP contribution in [-0.4, -0.2) is 58.0 Å². The van der Waals surface area contributed by atoms with Gasteiger partial charge in [0.15, 0.2) is 17.4 Å². The van der Waals surface area contributed by atoms with Crippen LogP contribution in [0, 0.1) is 0 Å². The molecule has 2 rings (SSSR count). The van der Waals surface area contributed by atoms with Gasteiger partial charge in [0.05, 0.1) is 19.0 Å². The summed E-state index contributed by atoms with van der Waals surface area (Å²) in [5.41, 5.74) is 4.53. The lowest BCUT2D eigenvalue weighted by Crippen LogP contribution is -2.28. The van der Waals surface area contributed by atoms with Crippen molar-refractivity contribution in [2.75, 3.05) is 12.3 Å². The highest BCUT2D eigenvalue weighted by Crippen LogP contribution is 2.66. The highest BCUT2D eigenvalue weighted by Gasteiger charge is 2.41. The van der Waals surface area contributed by atoms with Crippen molar-refractivity contribution in [3.63, 3.8) is 0 Å². The molecule has 7 N–H and O–H groups in total. The Morgan fingerprint density at radius 2 is 1.81 bits per heavy atom. The molecule has 21 heteroatoms. The number of ether oxygens (including phenoxy) is 1. The van der Waals surface area contributed by atoms with Crippen LogP contribution in [0.25, 0.3) is 11.2 Å². The molecule has 2 heterocycles. The number of anilines is 1. The summed E-state index contributed by atoms with van der Waals surface area (Å²) < 4.78 is 65.9. The number of hydrogen-bond acceptors (Lipinski definition) is 11. The molecule has 182 valence electrons. The molecule has 0 aromatic carbocycles. The number of alkyl halides is 1. The summed E-state index contributed by atoms with van der Waals surface area (Å²) in [7, 11) is -16.6. The van der Waals surface area contributed by atoms with Crippen LogP contribution in [-0.2, 0) is 31.6 Å². The van der Waals surface area contributed by atoms with E-state index in [0.717, 1.165) is 17.8 Å². The Bertz CT molecular complexity index is 1160. The number of phosphoric ester groups is 1. The standard InChI is InChI=1S/C11H19FN5O12P3/c1-5(3-26-31(22,23)29-32(24,25)28-30(19,20)21)27-10(6(2)12)17-4-14-7-8(17)15-11(13)16-9(7)18/h4-6,10H,3H2,1-2H3,(H,22,23)(H,24,25)(H2,19,20,21)(H3,13,15,16,18)/t5-,6-,10+/m0/s1. The first kappa shape index (κ1) is 26.7. The third-order valence-corrected chi connectivity index (χ3v) is 7.18. The van der Waals surface area contributed by atoms with Gasteiger partial charge in [-0.15, -0.1) is 0 Å². The predicted molar refractivity (Wildman–Crippen MR) is 103 cm³/mol. The third-order valence-electron chi connectivity index (χ3n) is 3.38. The topological polar surface area (TPSA) is 259 Å². The second-order valence-corrected chi connectivity index (χ2v) is 10.6. The Morgan fingerprint density at radius 1 is 1.19 bits per heavy atom. The number of nitrogens with two attached hydrogens (primary N) is 1. The molecule has 0 saturated heterocycles. The van der Waals surface area contributed by atoms with E-state index >= 15 is 0 Å². The van der Waals surface area contributed by atoms with Crippen LogP contribution in [0.3, 0.4) is 0 Å². The SMILES string of the molecule is C[C@H](F)[C@@H](O[C@@H](C)COP(=O)(O)OP(=O)(O)OP(=O)(O)O)n1cnc2c(=O)[nH]c(N)nc21. The molecule has 0 bridgehead atoms. The quantitative estimate of drug-likeness (QED) is 0.216. The van der Waals surface area contributed by atoms with E-state index < -0.39 is 54.1 Å². The van der Waals surface area contributed by atoms with Gasteiger partial charge in [-0.05, 0) is 13.8 Å².